The number of rotatable bonds is 3. The normalized spacial score (nSPS) is 18.4. The second-order valence-electron chi connectivity index (χ2n) is 5.42. The molecule has 1 unspecified atom stereocenters. The van der Waals surface area contributed by atoms with Crippen molar-refractivity contribution in [3.8, 4) is 0 Å². The lowest BCUT2D eigenvalue weighted by molar-refractivity contribution is 0.405. The summed E-state index contributed by atoms with van der Waals surface area (Å²) in [5, 5.41) is 5.48. The molecule has 0 spiro atoms. The van der Waals surface area contributed by atoms with Crippen LogP contribution in [0.4, 0.5) is 0 Å². The minimum atomic E-state index is 0.248. The zero-order chi connectivity index (χ0) is 15.6. The van der Waals surface area contributed by atoms with Gasteiger partial charge in [-0.3, -0.25) is 4.98 Å². The van der Waals surface area contributed by atoms with Crippen molar-refractivity contribution >= 4 is 29.1 Å². The molecule has 0 saturated heterocycles. The largest absolute Gasteiger partial charge is 0.360 e. The number of hydrogen-bond donors (Lipinski definition) is 1. The molecule has 0 saturated carbocycles. The van der Waals surface area contributed by atoms with Crippen molar-refractivity contribution in [1.82, 2.24) is 20.1 Å². The molecule has 0 aliphatic carbocycles. The smallest absolute Gasteiger partial charge is 0.173 e. The van der Waals surface area contributed by atoms with Crippen molar-refractivity contribution in [2.75, 3.05) is 14.1 Å². The van der Waals surface area contributed by atoms with Crippen LogP contribution in [0.25, 0.3) is 0 Å². The summed E-state index contributed by atoms with van der Waals surface area (Å²) in [7, 11) is 4.13. The van der Waals surface area contributed by atoms with Gasteiger partial charge in [0.1, 0.15) is 5.37 Å². The summed E-state index contributed by atoms with van der Waals surface area (Å²) >= 11 is 7.28. The van der Waals surface area contributed by atoms with Crippen molar-refractivity contribution < 1.29 is 0 Å². The van der Waals surface area contributed by atoms with Crippen LogP contribution in [0.2, 0.25) is 0 Å². The molecule has 1 atom stereocenters. The fourth-order valence-electron chi connectivity index (χ4n) is 2.17. The van der Waals surface area contributed by atoms with Crippen LogP contribution < -0.4 is 5.32 Å². The standard InChI is InChI=1S/C15H22N4S2/c1-10(2)17-15(20)19(5)13-11(3)18(4)14(21-13)12-7-6-8-16-9-12/h6-10,14H,1-5H3,(H,17,20). The molecule has 4 nitrogen and oxygen atoms in total. The molecule has 114 valence electrons. The Kier molecular flexibility index (Phi) is 5.11. The zero-order valence-corrected chi connectivity index (χ0v) is 14.8. The Morgan fingerprint density at radius 2 is 2.24 bits per heavy atom. The number of nitrogens with one attached hydrogen (secondary N) is 1. The van der Waals surface area contributed by atoms with Crippen LogP contribution in [0.15, 0.2) is 35.3 Å². The van der Waals surface area contributed by atoms with Gasteiger partial charge in [0.25, 0.3) is 0 Å². The van der Waals surface area contributed by atoms with Gasteiger partial charge in [-0.05, 0) is 39.1 Å². The van der Waals surface area contributed by atoms with Gasteiger partial charge >= 0.3 is 0 Å². The molecule has 1 N–H and O–H groups in total. The molecule has 6 heteroatoms. The highest BCUT2D eigenvalue weighted by atomic mass is 32.2. The lowest BCUT2D eigenvalue weighted by Crippen LogP contribution is -2.39. The van der Waals surface area contributed by atoms with E-state index in [9.17, 15) is 0 Å². The van der Waals surface area contributed by atoms with Crippen molar-refractivity contribution in [2.45, 2.75) is 32.2 Å². The molecule has 21 heavy (non-hydrogen) atoms. The first kappa shape index (κ1) is 16.1. The van der Waals surface area contributed by atoms with E-state index in [4.69, 9.17) is 12.2 Å². The first-order chi connectivity index (χ1) is 9.91. The molecule has 0 fully saturated rings. The van der Waals surface area contributed by atoms with Crippen molar-refractivity contribution in [3.05, 3.63) is 40.8 Å². The Balaban J connectivity index is 2.16. The lowest BCUT2D eigenvalue weighted by atomic mass is 10.2. The maximum atomic E-state index is 5.47. The minimum Gasteiger partial charge on any atom is -0.360 e. The molecule has 1 aromatic rings. The highest BCUT2D eigenvalue weighted by Gasteiger charge is 2.31. The summed E-state index contributed by atoms with van der Waals surface area (Å²) in [5.41, 5.74) is 2.43. The van der Waals surface area contributed by atoms with E-state index in [-0.39, 0.29) is 5.37 Å². The molecule has 0 amide bonds. The third-order valence-electron chi connectivity index (χ3n) is 3.40. The number of nitrogens with zero attached hydrogens (tertiary/aromatic N) is 3. The molecule has 2 heterocycles. The predicted octanol–water partition coefficient (Wildman–Crippen LogP) is 3.16. The van der Waals surface area contributed by atoms with Gasteiger partial charge in [0.2, 0.25) is 0 Å². The van der Waals surface area contributed by atoms with Crippen LogP contribution in [-0.4, -0.2) is 40.0 Å². The van der Waals surface area contributed by atoms with Crippen LogP contribution in [0.5, 0.6) is 0 Å². The van der Waals surface area contributed by atoms with Gasteiger partial charge in [-0.1, -0.05) is 17.8 Å². The number of allylic oxidation sites excluding steroid dienone is 1. The summed E-state index contributed by atoms with van der Waals surface area (Å²) < 4.78 is 0. The first-order valence-corrected chi connectivity index (χ1v) is 8.25. The van der Waals surface area contributed by atoms with Crippen LogP contribution >= 0.6 is 24.0 Å². The van der Waals surface area contributed by atoms with Gasteiger partial charge in [0, 0.05) is 43.8 Å². The summed E-state index contributed by atoms with van der Waals surface area (Å²) in [6, 6.07) is 4.42. The topological polar surface area (TPSA) is 31.4 Å². The van der Waals surface area contributed by atoms with Crippen molar-refractivity contribution in [2.24, 2.45) is 0 Å². The Morgan fingerprint density at radius 3 is 2.81 bits per heavy atom. The quantitative estimate of drug-likeness (QED) is 0.861. The maximum absolute atomic E-state index is 5.47. The second kappa shape index (κ2) is 6.66. The van der Waals surface area contributed by atoms with Gasteiger partial charge in [0.05, 0.1) is 5.03 Å². The molecular weight excluding hydrogens is 300 g/mol. The fourth-order valence-corrected chi connectivity index (χ4v) is 3.92. The highest BCUT2D eigenvalue weighted by Crippen LogP contribution is 2.47. The third kappa shape index (κ3) is 3.49. The van der Waals surface area contributed by atoms with E-state index in [2.05, 4.69) is 54.0 Å². The third-order valence-corrected chi connectivity index (χ3v) is 5.40. The monoisotopic (exact) mass is 322 g/mol. The van der Waals surface area contributed by atoms with Crippen LogP contribution in [0, 0.1) is 0 Å². The molecule has 1 aromatic heterocycles. The maximum Gasteiger partial charge on any atom is 0.173 e. The van der Waals surface area contributed by atoms with Gasteiger partial charge in [-0.15, -0.1) is 0 Å². The van der Waals surface area contributed by atoms with Gasteiger partial charge < -0.3 is 15.1 Å². The van der Waals surface area contributed by atoms with E-state index in [1.807, 2.05) is 31.1 Å². The van der Waals surface area contributed by atoms with E-state index in [1.54, 1.807) is 6.20 Å². The van der Waals surface area contributed by atoms with E-state index >= 15 is 0 Å². The fraction of sp³-hybridized carbons (Fsp3) is 0.467. The molecule has 1 aliphatic heterocycles. The van der Waals surface area contributed by atoms with Crippen molar-refractivity contribution in [3.63, 3.8) is 0 Å². The summed E-state index contributed by atoms with van der Waals surface area (Å²) in [6.45, 7) is 6.31. The molecular formula is C15H22N4S2. The Labute approximate surface area is 136 Å². The van der Waals surface area contributed by atoms with Gasteiger partial charge in [-0.25, -0.2) is 0 Å². The first-order valence-electron chi connectivity index (χ1n) is 6.96. The van der Waals surface area contributed by atoms with E-state index in [0.29, 0.717) is 6.04 Å². The number of hydrogen-bond acceptors (Lipinski definition) is 4. The second-order valence-corrected chi connectivity index (χ2v) is 6.88. The molecule has 0 aromatic carbocycles. The average Bonchev–Trinajstić information content (AvgIpc) is 2.75. The van der Waals surface area contributed by atoms with E-state index in [0.717, 1.165) is 5.11 Å². The van der Waals surface area contributed by atoms with Crippen molar-refractivity contribution in [1.29, 1.82) is 0 Å². The number of pyridine rings is 1. The SMILES string of the molecule is CC1=C(N(C)C(=S)NC(C)C)SC(c2cccnc2)N1C. The summed E-state index contributed by atoms with van der Waals surface area (Å²) in [5.74, 6) is 0. The van der Waals surface area contributed by atoms with Crippen LogP contribution in [0.3, 0.4) is 0 Å². The van der Waals surface area contributed by atoms with E-state index < -0.39 is 0 Å². The number of thiocarbonyl (C=S) groups is 1. The summed E-state index contributed by atoms with van der Waals surface area (Å²) in [4.78, 5) is 8.55. The van der Waals surface area contributed by atoms with Gasteiger partial charge in [-0.2, -0.15) is 0 Å². The molecule has 1 aliphatic rings. The molecule has 2 rings (SSSR count). The Hall–Kier alpha value is -1.27. The van der Waals surface area contributed by atoms with E-state index in [1.165, 1.54) is 16.3 Å². The predicted molar refractivity (Wildman–Crippen MR) is 93.7 cm³/mol. The lowest BCUT2D eigenvalue weighted by Gasteiger charge is -2.23. The number of thioether (sulfide) groups is 1. The van der Waals surface area contributed by atoms with Crippen LogP contribution in [-0.2, 0) is 0 Å². The number of aromatic nitrogens is 1. The summed E-state index contributed by atoms with van der Waals surface area (Å²) in [6.07, 6.45) is 3.73. The molecule has 0 radical (unpaired) electrons. The average molecular weight is 323 g/mol. The Bertz CT molecular complexity index is 542. The zero-order valence-electron chi connectivity index (χ0n) is 13.1. The highest BCUT2D eigenvalue weighted by molar-refractivity contribution is 8.03. The molecule has 0 bridgehead atoms. The minimum absolute atomic E-state index is 0.248. The Morgan fingerprint density at radius 1 is 1.52 bits per heavy atom. The van der Waals surface area contributed by atoms with Crippen LogP contribution in [0.1, 0.15) is 31.7 Å². The van der Waals surface area contributed by atoms with Gasteiger partial charge in [0.15, 0.2) is 5.11 Å².